The number of carbonyl (C=O) groups is 2. The second-order valence-electron chi connectivity index (χ2n) is 6.44. The molecule has 1 atom stereocenters. The molecule has 1 aromatic carbocycles. The summed E-state index contributed by atoms with van der Waals surface area (Å²) in [5.41, 5.74) is 2.72. The van der Waals surface area contributed by atoms with Crippen LogP contribution in [0.5, 0.6) is 0 Å². The Morgan fingerprint density at radius 1 is 1.30 bits per heavy atom. The van der Waals surface area contributed by atoms with Crippen LogP contribution in [0.1, 0.15) is 36.8 Å². The highest BCUT2D eigenvalue weighted by molar-refractivity contribution is 5.84. The summed E-state index contributed by atoms with van der Waals surface area (Å²) in [7, 11) is 0. The lowest BCUT2D eigenvalue weighted by atomic mass is 9.78. The Morgan fingerprint density at radius 3 is 2.91 bits per heavy atom. The van der Waals surface area contributed by atoms with Gasteiger partial charge >= 0.3 is 6.03 Å². The van der Waals surface area contributed by atoms with Gasteiger partial charge in [-0.15, -0.1) is 0 Å². The lowest BCUT2D eigenvalue weighted by molar-refractivity contribution is -0.130. The highest BCUT2D eigenvalue weighted by Gasteiger charge is 2.28. The van der Waals surface area contributed by atoms with Gasteiger partial charge in [-0.1, -0.05) is 31.2 Å². The molecule has 0 radical (unpaired) electrons. The average molecular weight is 315 g/mol. The summed E-state index contributed by atoms with van der Waals surface area (Å²) in [6.45, 7) is 5.12. The van der Waals surface area contributed by atoms with Crippen LogP contribution in [0.3, 0.4) is 0 Å². The Kier molecular flexibility index (Phi) is 4.84. The van der Waals surface area contributed by atoms with Gasteiger partial charge in [0.1, 0.15) is 6.54 Å². The molecule has 5 nitrogen and oxygen atoms in total. The molecule has 1 aromatic rings. The lowest BCUT2D eigenvalue weighted by Gasteiger charge is -2.31. The van der Waals surface area contributed by atoms with Gasteiger partial charge in [-0.25, -0.2) is 4.79 Å². The molecular formula is C18H25N3O2. The normalized spacial score (nSPS) is 20.6. The molecule has 5 heteroatoms. The van der Waals surface area contributed by atoms with Crippen molar-refractivity contribution in [3.8, 4) is 0 Å². The third kappa shape index (κ3) is 3.49. The molecule has 0 aromatic heterocycles. The Bertz CT molecular complexity index is 587. The van der Waals surface area contributed by atoms with Crippen molar-refractivity contribution in [3.05, 3.63) is 35.4 Å². The van der Waals surface area contributed by atoms with Crippen molar-refractivity contribution >= 4 is 11.9 Å². The first-order valence-electron chi connectivity index (χ1n) is 8.57. The number of nitrogens with zero attached hydrogens (tertiary/aromatic N) is 2. The number of fused-ring (bicyclic) bond motifs is 1. The van der Waals surface area contributed by atoms with Crippen molar-refractivity contribution in [1.29, 1.82) is 0 Å². The van der Waals surface area contributed by atoms with Gasteiger partial charge in [-0.3, -0.25) is 4.79 Å². The molecule has 1 N–H and O–H groups in total. The average Bonchev–Trinajstić information content (AvgIpc) is 2.71. The van der Waals surface area contributed by atoms with E-state index in [0.29, 0.717) is 19.0 Å². The van der Waals surface area contributed by atoms with Crippen LogP contribution in [0.4, 0.5) is 4.79 Å². The zero-order valence-corrected chi connectivity index (χ0v) is 13.8. The summed E-state index contributed by atoms with van der Waals surface area (Å²) < 4.78 is 0. The smallest absolute Gasteiger partial charge is 0.317 e. The van der Waals surface area contributed by atoms with Gasteiger partial charge in [0.25, 0.3) is 0 Å². The highest BCUT2D eigenvalue weighted by Crippen LogP contribution is 2.33. The number of nitrogens with one attached hydrogen (secondary N) is 1. The number of urea groups is 1. The highest BCUT2D eigenvalue weighted by atomic mass is 16.2. The first kappa shape index (κ1) is 15.8. The van der Waals surface area contributed by atoms with Gasteiger partial charge in [0.05, 0.1) is 0 Å². The summed E-state index contributed by atoms with van der Waals surface area (Å²) in [4.78, 5) is 28.1. The van der Waals surface area contributed by atoms with Crippen LogP contribution in [-0.4, -0.2) is 54.5 Å². The van der Waals surface area contributed by atoms with Gasteiger partial charge < -0.3 is 15.1 Å². The van der Waals surface area contributed by atoms with E-state index in [9.17, 15) is 9.59 Å². The van der Waals surface area contributed by atoms with E-state index < -0.39 is 0 Å². The van der Waals surface area contributed by atoms with E-state index in [1.54, 1.807) is 4.90 Å². The predicted octanol–water partition coefficient (Wildman–Crippen LogP) is 1.98. The van der Waals surface area contributed by atoms with Crippen LogP contribution in [-0.2, 0) is 11.2 Å². The molecule has 0 spiro atoms. The largest absolute Gasteiger partial charge is 0.341 e. The Balaban J connectivity index is 1.50. The SMILES string of the molecule is CCCN1CCCN(C(=O)NC[C@@H]2Cc3ccccc32)CC1=O. The second kappa shape index (κ2) is 7.02. The van der Waals surface area contributed by atoms with E-state index in [1.165, 1.54) is 11.1 Å². The number of benzene rings is 1. The standard InChI is InChI=1S/C18H25N3O2/c1-2-8-20-9-5-10-21(13-17(20)22)18(23)19-12-15-11-14-6-3-4-7-16(14)15/h3-4,6-7,15H,2,5,8-13H2,1H3,(H,19,23)/t15-/m0/s1. The van der Waals surface area contributed by atoms with Crippen LogP contribution < -0.4 is 5.32 Å². The summed E-state index contributed by atoms with van der Waals surface area (Å²) in [6, 6.07) is 8.26. The van der Waals surface area contributed by atoms with Gasteiger partial charge in [-0.2, -0.15) is 0 Å². The Morgan fingerprint density at radius 2 is 2.13 bits per heavy atom. The molecule has 1 fully saturated rings. The maximum Gasteiger partial charge on any atom is 0.317 e. The van der Waals surface area contributed by atoms with E-state index >= 15 is 0 Å². The quantitative estimate of drug-likeness (QED) is 0.924. The van der Waals surface area contributed by atoms with E-state index in [1.807, 2.05) is 11.0 Å². The van der Waals surface area contributed by atoms with Crippen LogP contribution in [0.25, 0.3) is 0 Å². The molecule has 0 bridgehead atoms. The first-order chi connectivity index (χ1) is 11.2. The molecule has 3 rings (SSSR count). The van der Waals surface area contributed by atoms with E-state index in [0.717, 1.165) is 32.4 Å². The predicted molar refractivity (Wildman–Crippen MR) is 89.3 cm³/mol. The maximum atomic E-state index is 12.4. The van der Waals surface area contributed by atoms with Crippen LogP contribution in [0.15, 0.2) is 24.3 Å². The molecule has 2 aliphatic rings. The minimum atomic E-state index is -0.110. The third-order valence-electron chi connectivity index (χ3n) is 4.78. The molecule has 23 heavy (non-hydrogen) atoms. The minimum Gasteiger partial charge on any atom is -0.341 e. The summed E-state index contributed by atoms with van der Waals surface area (Å²) in [6.07, 6.45) is 2.84. The topological polar surface area (TPSA) is 52.6 Å². The van der Waals surface area contributed by atoms with Crippen LogP contribution in [0, 0.1) is 0 Å². The van der Waals surface area contributed by atoms with E-state index in [4.69, 9.17) is 0 Å². The van der Waals surface area contributed by atoms with E-state index in [2.05, 4.69) is 30.4 Å². The number of amides is 3. The molecule has 1 saturated heterocycles. The molecule has 1 aliphatic carbocycles. The molecular weight excluding hydrogens is 290 g/mol. The summed E-state index contributed by atoms with van der Waals surface area (Å²) >= 11 is 0. The molecule has 1 aliphatic heterocycles. The van der Waals surface area contributed by atoms with Crippen molar-refractivity contribution in [2.75, 3.05) is 32.7 Å². The van der Waals surface area contributed by atoms with E-state index in [-0.39, 0.29) is 18.5 Å². The fraction of sp³-hybridized carbons (Fsp3) is 0.556. The van der Waals surface area contributed by atoms with Gasteiger partial charge in [0.2, 0.25) is 5.91 Å². The fourth-order valence-electron chi connectivity index (χ4n) is 3.47. The molecule has 124 valence electrons. The molecule has 1 heterocycles. The zero-order chi connectivity index (χ0) is 16.2. The Hall–Kier alpha value is -2.04. The van der Waals surface area contributed by atoms with Crippen molar-refractivity contribution in [2.24, 2.45) is 0 Å². The molecule has 0 saturated carbocycles. The van der Waals surface area contributed by atoms with Gasteiger partial charge in [-0.05, 0) is 30.4 Å². The van der Waals surface area contributed by atoms with Crippen LogP contribution in [0.2, 0.25) is 0 Å². The molecule has 0 unspecified atom stereocenters. The monoisotopic (exact) mass is 315 g/mol. The summed E-state index contributed by atoms with van der Waals surface area (Å²) in [5.74, 6) is 0.475. The first-order valence-corrected chi connectivity index (χ1v) is 8.57. The van der Waals surface area contributed by atoms with Gasteiger partial charge in [0.15, 0.2) is 0 Å². The maximum absolute atomic E-state index is 12.4. The number of carbonyl (C=O) groups excluding carboxylic acids is 2. The summed E-state index contributed by atoms with van der Waals surface area (Å²) in [5, 5.41) is 3.01. The number of rotatable bonds is 4. The Labute approximate surface area is 137 Å². The zero-order valence-electron chi connectivity index (χ0n) is 13.8. The van der Waals surface area contributed by atoms with Crippen LogP contribution >= 0.6 is 0 Å². The third-order valence-corrected chi connectivity index (χ3v) is 4.78. The number of hydrogen-bond acceptors (Lipinski definition) is 2. The minimum absolute atomic E-state index is 0.0634. The van der Waals surface area contributed by atoms with Crippen molar-refractivity contribution in [3.63, 3.8) is 0 Å². The van der Waals surface area contributed by atoms with Crippen molar-refractivity contribution < 1.29 is 9.59 Å². The second-order valence-corrected chi connectivity index (χ2v) is 6.44. The van der Waals surface area contributed by atoms with Crippen molar-refractivity contribution in [1.82, 2.24) is 15.1 Å². The molecule has 3 amide bonds. The number of hydrogen-bond donors (Lipinski definition) is 1. The fourth-order valence-corrected chi connectivity index (χ4v) is 3.47. The van der Waals surface area contributed by atoms with Crippen molar-refractivity contribution in [2.45, 2.75) is 32.1 Å². The lowest BCUT2D eigenvalue weighted by Crippen LogP contribution is -2.46. The van der Waals surface area contributed by atoms with Gasteiger partial charge in [0, 0.05) is 32.1 Å².